The first-order chi connectivity index (χ1) is 18.9. The minimum atomic E-state index is -2.60. The number of benzene rings is 5. The lowest BCUT2D eigenvalue weighted by molar-refractivity contribution is 1.27. The van der Waals surface area contributed by atoms with Crippen LogP contribution >= 0.6 is 0 Å². The molecular formula is C35H26N2Si. The molecule has 0 radical (unpaired) electrons. The average Bonchev–Trinajstić information content (AvgIpc) is 3.01. The lowest BCUT2D eigenvalue weighted by Gasteiger charge is -2.45. The van der Waals surface area contributed by atoms with Crippen molar-refractivity contribution >= 4 is 45.9 Å². The molecule has 0 atom stereocenters. The molecule has 3 heteroatoms. The van der Waals surface area contributed by atoms with Crippen molar-refractivity contribution in [3.8, 4) is 11.3 Å². The smallest absolute Gasteiger partial charge is 0.184 e. The molecule has 1 aromatic heterocycles. The van der Waals surface area contributed by atoms with Gasteiger partial charge < -0.3 is 4.90 Å². The molecule has 0 spiro atoms. The second-order valence-electron chi connectivity index (χ2n) is 9.58. The van der Waals surface area contributed by atoms with E-state index in [0.717, 1.165) is 16.9 Å². The Labute approximate surface area is 224 Å². The van der Waals surface area contributed by atoms with Crippen molar-refractivity contribution in [1.82, 2.24) is 4.98 Å². The van der Waals surface area contributed by atoms with E-state index in [1.165, 1.54) is 32.1 Å². The average molecular weight is 503 g/mol. The van der Waals surface area contributed by atoms with Crippen molar-refractivity contribution in [2.45, 2.75) is 0 Å². The Hall–Kier alpha value is -4.73. The Morgan fingerprint density at radius 3 is 1.45 bits per heavy atom. The summed E-state index contributed by atoms with van der Waals surface area (Å²) in [5, 5.41) is 5.58. The van der Waals surface area contributed by atoms with Crippen molar-refractivity contribution < 1.29 is 0 Å². The molecule has 2 heterocycles. The van der Waals surface area contributed by atoms with Gasteiger partial charge in [0, 0.05) is 23.1 Å². The molecule has 7 rings (SSSR count). The number of pyridine rings is 1. The van der Waals surface area contributed by atoms with E-state index < -0.39 is 8.07 Å². The minimum Gasteiger partial charge on any atom is -0.310 e. The lowest BCUT2D eigenvalue weighted by Crippen LogP contribution is -2.77. The van der Waals surface area contributed by atoms with Gasteiger partial charge in [0.25, 0.3) is 0 Å². The number of anilines is 3. The van der Waals surface area contributed by atoms with Gasteiger partial charge >= 0.3 is 0 Å². The van der Waals surface area contributed by atoms with E-state index in [-0.39, 0.29) is 0 Å². The topological polar surface area (TPSA) is 16.1 Å². The van der Waals surface area contributed by atoms with Crippen molar-refractivity contribution in [2.75, 3.05) is 4.90 Å². The maximum atomic E-state index is 4.72. The SMILES string of the molecule is c1ccc([Si]2(c3ccccc3)c3ccccc3N(c3ccccc3-c3ccccn3)c3ccccc32)cc1. The van der Waals surface area contributed by atoms with Crippen LogP contribution in [0, 0.1) is 0 Å². The van der Waals surface area contributed by atoms with E-state index in [2.05, 4.69) is 150 Å². The van der Waals surface area contributed by atoms with Gasteiger partial charge in [-0.1, -0.05) is 121 Å². The number of aromatic nitrogens is 1. The molecule has 1 aliphatic heterocycles. The molecular weight excluding hydrogens is 476 g/mol. The number of fused-ring (bicyclic) bond motifs is 2. The molecule has 0 amide bonds. The van der Waals surface area contributed by atoms with Gasteiger partial charge in [-0.3, -0.25) is 4.98 Å². The minimum absolute atomic E-state index is 0.971. The molecule has 0 bridgehead atoms. The highest BCUT2D eigenvalue weighted by molar-refractivity contribution is 7.21. The largest absolute Gasteiger partial charge is 0.310 e. The number of hydrogen-bond donors (Lipinski definition) is 0. The third-order valence-corrected chi connectivity index (χ3v) is 12.5. The molecule has 1 aliphatic rings. The van der Waals surface area contributed by atoms with E-state index in [1.807, 2.05) is 12.3 Å². The predicted octanol–water partition coefficient (Wildman–Crippen LogP) is 5.91. The van der Waals surface area contributed by atoms with Crippen LogP contribution in [0.3, 0.4) is 0 Å². The third kappa shape index (κ3) is 3.36. The van der Waals surface area contributed by atoms with Crippen molar-refractivity contribution in [1.29, 1.82) is 0 Å². The van der Waals surface area contributed by atoms with Crippen LogP contribution in [-0.2, 0) is 0 Å². The van der Waals surface area contributed by atoms with Gasteiger partial charge in [0.05, 0.1) is 11.4 Å². The summed E-state index contributed by atoms with van der Waals surface area (Å²) in [4.78, 5) is 7.17. The molecule has 6 aromatic rings. The van der Waals surface area contributed by atoms with Crippen LogP contribution in [0.1, 0.15) is 0 Å². The van der Waals surface area contributed by atoms with Crippen LogP contribution in [0.25, 0.3) is 11.3 Å². The van der Waals surface area contributed by atoms with Gasteiger partial charge in [-0.25, -0.2) is 0 Å². The molecule has 2 nitrogen and oxygen atoms in total. The Morgan fingerprint density at radius 2 is 0.895 bits per heavy atom. The summed E-state index contributed by atoms with van der Waals surface area (Å²) in [5.74, 6) is 0. The molecule has 0 saturated carbocycles. The fraction of sp³-hybridized carbons (Fsp3) is 0. The molecule has 5 aromatic carbocycles. The highest BCUT2D eigenvalue weighted by atomic mass is 28.3. The van der Waals surface area contributed by atoms with Crippen LogP contribution in [-0.4, -0.2) is 13.1 Å². The van der Waals surface area contributed by atoms with Gasteiger partial charge in [-0.2, -0.15) is 0 Å². The molecule has 0 aliphatic carbocycles. The van der Waals surface area contributed by atoms with E-state index >= 15 is 0 Å². The summed E-state index contributed by atoms with van der Waals surface area (Å²) in [5.41, 5.74) is 5.68. The van der Waals surface area contributed by atoms with Crippen molar-refractivity contribution in [3.05, 3.63) is 158 Å². The molecule has 180 valence electrons. The fourth-order valence-electron chi connectivity index (χ4n) is 6.08. The number of rotatable bonds is 4. The Morgan fingerprint density at radius 1 is 0.421 bits per heavy atom. The highest BCUT2D eigenvalue weighted by Gasteiger charge is 2.48. The second kappa shape index (κ2) is 9.29. The lowest BCUT2D eigenvalue weighted by atomic mass is 10.1. The monoisotopic (exact) mass is 502 g/mol. The van der Waals surface area contributed by atoms with Gasteiger partial charge in [-0.15, -0.1) is 0 Å². The summed E-state index contributed by atoms with van der Waals surface area (Å²) in [6.07, 6.45) is 1.87. The second-order valence-corrected chi connectivity index (χ2v) is 13.3. The van der Waals surface area contributed by atoms with Crippen molar-refractivity contribution in [3.63, 3.8) is 0 Å². The highest BCUT2D eigenvalue weighted by Crippen LogP contribution is 2.42. The Balaban J connectivity index is 1.60. The zero-order chi connectivity index (χ0) is 25.4. The van der Waals surface area contributed by atoms with Crippen LogP contribution < -0.4 is 25.6 Å². The maximum absolute atomic E-state index is 4.72. The molecule has 0 fully saturated rings. The summed E-state index contributed by atoms with van der Waals surface area (Å²) in [6.45, 7) is 0. The first-order valence-electron chi connectivity index (χ1n) is 13.0. The van der Waals surface area contributed by atoms with Crippen LogP contribution in [0.5, 0.6) is 0 Å². The van der Waals surface area contributed by atoms with Gasteiger partial charge in [-0.05, 0) is 51.1 Å². The third-order valence-electron chi connectivity index (χ3n) is 7.60. The predicted molar refractivity (Wildman–Crippen MR) is 162 cm³/mol. The summed E-state index contributed by atoms with van der Waals surface area (Å²) in [6, 6.07) is 55.0. The van der Waals surface area contributed by atoms with E-state index in [1.54, 1.807) is 0 Å². The molecule has 38 heavy (non-hydrogen) atoms. The Bertz CT molecular complexity index is 1630. The van der Waals surface area contributed by atoms with E-state index in [4.69, 9.17) is 4.98 Å². The van der Waals surface area contributed by atoms with Gasteiger partial charge in [0.1, 0.15) is 0 Å². The zero-order valence-electron chi connectivity index (χ0n) is 20.9. The molecule has 0 unspecified atom stereocenters. The quantitative estimate of drug-likeness (QED) is 0.278. The van der Waals surface area contributed by atoms with Crippen LogP contribution in [0.4, 0.5) is 17.1 Å². The zero-order valence-corrected chi connectivity index (χ0v) is 21.9. The molecule has 0 saturated heterocycles. The van der Waals surface area contributed by atoms with Crippen LogP contribution in [0.2, 0.25) is 0 Å². The standard InChI is InChI=1S/C35H26N2Si/c1-3-15-27(16-4-1)38(28-17-5-2-6-18-28)34-24-11-9-22-32(34)37(33-23-10-12-25-35(33)38)31-21-8-7-19-29(31)30-20-13-14-26-36-30/h1-26H. The number of para-hydroxylation sites is 3. The first-order valence-corrected chi connectivity index (χ1v) is 15.0. The summed E-state index contributed by atoms with van der Waals surface area (Å²) < 4.78 is 0. The van der Waals surface area contributed by atoms with Crippen LogP contribution in [0.15, 0.2) is 158 Å². The number of nitrogens with zero attached hydrogens (tertiary/aromatic N) is 2. The summed E-state index contributed by atoms with van der Waals surface area (Å²) >= 11 is 0. The van der Waals surface area contributed by atoms with Gasteiger partial charge in [0.2, 0.25) is 0 Å². The maximum Gasteiger partial charge on any atom is 0.184 e. The molecule has 0 N–H and O–H groups in total. The van der Waals surface area contributed by atoms with Gasteiger partial charge in [0.15, 0.2) is 8.07 Å². The summed E-state index contributed by atoms with van der Waals surface area (Å²) in [7, 11) is -2.60. The normalized spacial score (nSPS) is 13.4. The van der Waals surface area contributed by atoms with Crippen molar-refractivity contribution in [2.24, 2.45) is 0 Å². The fourth-order valence-corrected chi connectivity index (χ4v) is 11.2. The Kier molecular flexibility index (Phi) is 5.49. The first kappa shape index (κ1) is 22.5. The van der Waals surface area contributed by atoms with E-state index in [9.17, 15) is 0 Å². The van der Waals surface area contributed by atoms with E-state index in [0.29, 0.717) is 0 Å². The number of hydrogen-bond acceptors (Lipinski definition) is 2.